The molecular weight excluding hydrogens is 234 g/mol. The molecule has 2 unspecified atom stereocenters. The van der Waals surface area contributed by atoms with Crippen LogP contribution in [0.15, 0.2) is 24.3 Å². The highest BCUT2D eigenvalue weighted by molar-refractivity contribution is 5.28. The summed E-state index contributed by atoms with van der Waals surface area (Å²) in [7, 11) is 0. The van der Waals surface area contributed by atoms with E-state index in [9.17, 15) is 0 Å². The van der Waals surface area contributed by atoms with Crippen molar-refractivity contribution in [2.24, 2.45) is 5.92 Å². The maximum atomic E-state index is 6.18. The van der Waals surface area contributed by atoms with Crippen molar-refractivity contribution in [3.63, 3.8) is 0 Å². The Morgan fingerprint density at radius 2 is 2.16 bits per heavy atom. The quantitative estimate of drug-likeness (QED) is 0.831. The van der Waals surface area contributed by atoms with Gasteiger partial charge in [-0.15, -0.1) is 0 Å². The maximum absolute atomic E-state index is 6.18. The topological polar surface area (TPSA) is 21.3 Å². The molecular formula is C17H27NO. The molecule has 2 atom stereocenters. The van der Waals surface area contributed by atoms with Crippen LogP contribution in [0.3, 0.4) is 0 Å². The molecule has 1 fully saturated rings. The van der Waals surface area contributed by atoms with Gasteiger partial charge in [0.1, 0.15) is 5.75 Å². The third kappa shape index (κ3) is 4.54. The predicted octanol–water partition coefficient (Wildman–Crippen LogP) is 4.14. The molecule has 1 aromatic rings. The molecule has 19 heavy (non-hydrogen) atoms. The van der Waals surface area contributed by atoms with Gasteiger partial charge in [-0.2, -0.15) is 0 Å². The Labute approximate surface area is 117 Å². The lowest BCUT2D eigenvalue weighted by molar-refractivity contribution is 0.122. The van der Waals surface area contributed by atoms with Crippen LogP contribution in [-0.2, 0) is 6.54 Å². The fourth-order valence-electron chi connectivity index (χ4n) is 2.91. The van der Waals surface area contributed by atoms with Crippen molar-refractivity contribution in [2.75, 3.05) is 6.54 Å². The second-order valence-electron chi connectivity index (χ2n) is 5.61. The molecule has 1 aliphatic rings. The smallest absolute Gasteiger partial charge is 0.120 e. The van der Waals surface area contributed by atoms with Crippen molar-refractivity contribution >= 4 is 0 Å². The first kappa shape index (κ1) is 14.4. The van der Waals surface area contributed by atoms with Gasteiger partial charge in [0, 0.05) is 6.54 Å². The van der Waals surface area contributed by atoms with Gasteiger partial charge in [0.25, 0.3) is 0 Å². The van der Waals surface area contributed by atoms with E-state index in [4.69, 9.17) is 4.74 Å². The fourth-order valence-corrected chi connectivity index (χ4v) is 2.91. The van der Waals surface area contributed by atoms with Crippen molar-refractivity contribution < 1.29 is 4.74 Å². The summed E-state index contributed by atoms with van der Waals surface area (Å²) in [6.07, 6.45) is 6.87. The number of nitrogens with one attached hydrogen (secondary N) is 1. The standard InChI is InChI=1S/C17H27NO/c1-3-14-7-5-9-16(11-14)19-17-10-6-8-15(12-17)13-18-4-2/h6,8,10,12,14,16,18H,3-5,7,9,11,13H2,1-2H3. The van der Waals surface area contributed by atoms with Crippen molar-refractivity contribution in [3.05, 3.63) is 29.8 Å². The van der Waals surface area contributed by atoms with Crippen LogP contribution in [0.4, 0.5) is 0 Å². The summed E-state index contributed by atoms with van der Waals surface area (Å²) in [4.78, 5) is 0. The Kier molecular flexibility index (Phi) is 5.71. The van der Waals surface area contributed by atoms with Crippen molar-refractivity contribution in [1.29, 1.82) is 0 Å². The van der Waals surface area contributed by atoms with E-state index in [1.54, 1.807) is 0 Å². The second kappa shape index (κ2) is 7.54. The molecule has 1 saturated carbocycles. The molecule has 2 heteroatoms. The van der Waals surface area contributed by atoms with Gasteiger partial charge in [0.2, 0.25) is 0 Å². The van der Waals surface area contributed by atoms with Gasteiger partial charge >= 0.3 is 0 Å². The van der Waals surface area contributed by atoms with Crippen LogP contribution in [-0.4, -0.2) is 12.6 Å². The van der Waals surface area contributed by atoms with Gasteiger partial charge in [0.05, 0.1) is 6.10 Å². The average molecular weight is 261 g/mol. The minimum Gasteiger partial charge on any atom is -0.490 e. The molecule has 2 nitrogen and oxygen atoms in total. The number of hydrogen-bond acceptors (Lipinski definition) is 2. The minimum atomic E-state index is 0.424. The van der Waals surface area contributed by atoms with Gasteiger partial charge in [-0.1, -0.05) is 38.8 Å². The first-order valence-corrected chi connectivity index (χ1v) is 7.78. The lowest BCUT2D eigenvalue weighted by atomic mass is 9.85. The highest BCUT2D eigenvalue weighted by atomic mass is 16.5. The van der Waals surface area contributed by atoms with Gasteiger partial charge < -0.3 is 10.1 Å². The summed E-state index contributed by atoms with van der Waals surface area (Å²) in [5.41, 5.74) is 1.31. The Hall–Kier alpha value is -1.02. The van der Waals surface area contributed by atoms with Gasteiger partial charge in [-0.3, -0.25) is 0 Å². The number of hydrogen-bond donors (Lipinski definition) is 1. The van der Waals surface area contributed by atoms with E-state index in [-0.39, 0.29) is 0 Å². The molecule has 0 aliphatic heterocycles. The van der Waals surface area contributed by atoms with E-state index in [0.29, 0.717) is 6.10 Å². The first-order chi connectivity index (χ1) is 9.31. The molecule has 0 bridgehead atoms. The molecule has 0 radical (unpaired) electrons. The Morgan fingerprint density at radius 3 is 2.95 bits per heavy atom. The monoisotopic (exact) mass is 261 g/mol. The third-order valence-corrected chi connectivity index (χ3v) is 4.09. The predicted molar refractivity (Wildman–Crippen MR) is 80.5 cm³/mol. The Morgan fingerprint density at radius 1 is 1.26 bits per heavy atom. The molecule has 1 N–H and O–H groups in total. The summed E-state index contributed by atoms with van der Waals surface area (Å²) < 4.78 is 6.18. The van der Waals surface area contributed by atoms with Crippen LogP contribution < -0.4 is 10.1 Å². The van der Waals surface area contributed by atoms with E-state index in [1.165, 1.54) is 37.7 Å². The SMILES string of the molecule is CCNCc1cccc(OC2CCCC(CC)C2)c1. The zero-order chi connectivity index (χ0) is 13.5. The van der Waals surface area contributed by atoms with Crippen molar-refractivity contribution in [1.82, 2.24) is 5.32 Å². The lowest BCUT2D eigenvalue weighted by Crippen LogP contribution is -2.25. The summed E-state index contributed by atoms with van der Waals surface area (Å²) in [5.74, 6) is 1.90. The van der Waals surface area contributed by atoms with Crippen LogP contribution in [0.25, 0.3) is 0 Å². The summed E-state index contributed by atoms with van der Waals surface area (Å²) in [5, 5.41) is 3.36. The highest BCUT2D eigenvalue weighted by Gasteiger charge is 2.21. The Balaban J connectivity index is 1.90. The van der Waals surface area contributed by atoms with Gasteiger partial charge in [-0.05, 0) is 49.4 Å². The molecule has 0 aromatic heterocycles. The van der Waals surface area contributed by atoms with Crippen molar-refractivity contribution in [2.45, 2.75) is 58.6 Å². The van der Waals surface area contributed by atoms with Crippen LogP contribution >= 0.6 is 0 Å². The zero-order valence-electron chi connectivity index (χ0n) is 12.3. The van der Waals surface area contributed by atoms with Crippen LogP contribution in [0.1, 0.15) is 51.5 Å². The molecule has 0 saturated heterocycles. The van der Waals surface area contributed by atoms with Gasteiger partial charge in [0.15, 0.2) is 0 Å². The molecule has 0 heterocycles. The van der Waals surface area contributed by atoms with E-state index in [2.05, 4.69) is 43.4 Å². The minimum absolute atomic E-state index is 0.424. The molecule has 0 amide bonds. The van der Waals surface area contributed by atoms with Crippen LogP contribution in [0.2, 0.25) is 0 Å². The van der Waals surface area contributed by atoms with E-state index >= 15 is 0 Å². The molecule has 106 valence electrons. The fraction of sp³-hybridized carbons (Fsp3) is 0.647. The first-order valence-electron chi connectivity index (χ1n) is 7.78. The average Bonchev–Trinajstić information content (AvgIpc) is 2.46. The largest absolute Gasteiger partial charge is 0.490 e. The third-order valence-electron chi connectivity index (χ3n) is 4.09. The zero-order valence-corrected chi connectivity index (χ0v) is 12.3. The molecule has 1 aliphatic carbocycles. The van der Waals surface area contributed by atoms with E-state index in [1.807, 2.05) is 0 Å². The number of benzene rings is 1. The van der Waals surface area contributed by atoms with Crippen molar-refractivity contribution in [3.8, 4) is 5.75 Å². The summed E-state index contributed by atoms with van der Waals surface area (Å²) in [6.45, 7) is 6.36. The number of ether oxygens (including phenoxy) is 1. The molecule has 0 spiro atoms. The normalized spacial score (nSPS) is 23.3. The lowest BCUT2D eigenvalue weighted by Gasteiger charge is -2.29. The maximum Gasteiger partial charge on any atom is 0.120 e. The van der Waals surface area contributed by atoms with Gasteiger partial charge in [-0.25, -0.2) is 0 Å². The Bertz CT molecular complexity index is 377. The highest BCUT2D eigenvalue weighted by Crippen LogP contribution is 2.29. The second-order valence-corrected chi connectivity index (χ2v) is 5.61. The summed E-state index contributed by atoms with van der Waals surface area (Å²) >= 11 is 0. The van der Waals surface area contributed by atoms with Crippen LogP contribution in [0, 0.1) is 5.92 Å². The number of rotatable bonds is 6. The molecule has 2 rings (SSSR count). The van der Waals surface area contributed by atoms with E-state index < -0.39 is 0 Å². The molecule has 1 aromatic carbocycles. The summed E-state index contributed by atoms with van der Waals surface area (Å²) in [6, 6.07) is 8.52. The van der Waals surface area contributed by atoms with Crippen LogP contribution in [0.5, 0.6) is 5.75 Å². The van der Waals surface area contributed by atoms with E-state index in [0.717, 1.165) is 24.8 Å².